The van der Waals surface area contributed by atoms with Gasteiger partial charge in [-0.2, -0.15) is 5.26 Å². The second-order valence-corrected chi connectivity index (χ2v) is 5.33. The molecule has 4 heteroatoms. The van der Waals surface area contributed by atoms with Crippen LogP contribution < -0.4 is 5.32 Å². The number of anilines is 1. The minimum Gasteiger partial charge on any atom is -0.464 e. The Labute approximate surface area is 125 Å². The first kappa shape index (κ1) is 12.8. The lowest BCUT2D eigenvalue weighted by Crippen LogP contribution is -2.00. The highest BCUT2D eigenvalue weighted by atomic mass is 79.9. The molecule has 0 saturated heterocycles. The molecule has 1 aromatic heterocycles. The summed E-state index contributed by atoms with van der Waals surface area (Å²) in [4.78, 5) is 0. The van der Waals surface area contributed by atoms with Gasteiger partial charge in [-0.3, -0.25) is 0 Å². The molecule has 20 heavy (non-hydrogen) atoms. The van der Waals surface area contributed by atoms with Crippen molar-refractivity contribution in [1.82, 2.24) is 0 Å². The third kappa shape index (κ3) is 2.40. The summed E-state index contributed by atoms with van der Waals surface area (Å²) in [5.41, 5.74) is 3.39. The number of hydrogen-bond acceptors (Lipinski definition) is 3. The van der Waals surface area contributed by atoms with Gasteiger partial charge in [0.1, 0.15) is 11.7 Å². The number of benzene rings is 2. The molecule has 0 spiro atoms. The van der Waals surface area contributed by atoms with Crippen molar-refractivity contribution in [3.8, 4) is 6.07 Å². The summed E-state index contributed by atoms with van der Waals surface area (Å²) < 4.78 is 6.40. The van der Waals surface area contributed by atoms with E-state index in [-0.39, 0.29) is 0 Å². The van der Waals surface area contributed by atoms with Gasteiger partial charge < -0.3 is 9.73 Å². The fourth-order valence-corrected chi connectivity index (χ4v) is 2.48. The van der Waals surface area contributed by atoms with E-state index in [4.69, 9.17) is 9.68 Å². The Bertz CT molecular complexity index is 802. The number of fused-ring (bicyclic) bond motifs is 1. The Kier molecular flexibility index (Phi) is 3.44. The van der Waals surface area contributed by atoms with E-state index in [1.54, 1.807) is 12.3 Å². The smallest absolute Gasteiger partial charge is 0.134 e. The molecule has 0 aliphatic heterocycles. The number of rotatable bonds is 3. The number of nitriles is 1. The number of nitrogens with one attached hydrogen (secondary N) is 1. The minimum absolute atomic E-state index is 0.618. The van der Waals surface area contributed by atoms with Crippen LogP contribution in [0.5, 0.6) is 0 Å². The van der Waals surface area contributed by atoms with Crippen molar-refractivity contribution in [2.45, 2.75) is 6.54 Å². The monoisotopic (exact) mass is 326 g/mol. The SMILES string of the molecule is N#Cc1cc(Br)ccc1NCc1coc2ccccc12. The first-order valence-corrected chi connectivity index (χ1v) is 6.96. The highest BCUT2D eigenvalue weighted by Gasteiger charge is 2.06. The molecule has 2 aromatic carbocycles. The molecule has 0 aliphatic carbocycles. The zero-order valence-corrected chi connectivity index (χ0v) is 12.1. The van der Waals surface area contributed by atoms with Gasteiger partial charge in [0.15, 0.2) is 0 Å². The third-order valence-electron chi connectivity index (χ3n) is 3.13. The molecule has 0 bridgehead atoms. The Hall–Kier alpha value is -2.25. The van der Waals surface area contributed by atoms with Gasteiger partial charge in [0.25, 0.3) is 0 Å². The van der Waals surface area contributed by atoms with Gasteiger partial charge in [-0.25, -0.2) is 0 Å². The summed E-state index contributed by atoms with van der Waals surface area (Å²) in [5, 5.41) is 13.5. The molecule has 1 heterocycles. The number of nitrogens with zero attached hydrogens (tertiary/aromatic N) is 1. The summed E-state index contributed by atoms with van der Waals surface area (Å²) in [6.45, 7) is 0.618. The molecule has 0 aliphatic rings. The van der Waals surface area contributed by atoms with Crippen LogP contribution in [-0.2, 0) is 6.54 Å². The van der Waals surface area contributed by atoms with Crippen molar-refractivity contribution in [2.75, 3.05) is 5.32 Å². The maximum atomic E-state index is 9.14. The molecule has 3 rings (SSSR count). The van der Waals surface area contributed by atoms with Crippen LogP contribution in [-0.4, -0.2) is 0 Å². The average molecular weight is 327 g/mol. The zero-order chi connectivity index (χ0) is 13.9. The number of halogens is 1. The molecule has 98 valence electrons. The van der Waals surface area contributed by atoms with Crippen LogP contribution in [0.2, 0.25) is 0 Å². The molecule has 0 radical (unpaired) electrons. The van der Waals surface area contributed by atoms with Gasteiger partial charge in [-0.1, -0.05) is 34.1 Å². The predicted molar refractivity (Wildman–Crippen MR) is 82.4 cm³/mol. The van der Waals surface area contributed by atoms with Crippen LogP contribution in [0, 0.1) is 11.3 Å². The Morgan fingerprint density at radius 1 is 1.20 bits per heavy atom. The summed E-state index contributed by atoms with van der Waals surface area (Å²) in [7, 11) is 0. The molecule has 0 fully saturated rings. The van der Waals surface area contributed by atoms with Gasteiger partial charge in [-0.05, 0) is 24.3 Å². The van der Waals surface area contributed by atoms with Crippen LogP contribution in [0.25, 0.3) is 11.0 Å². The topological polar surface area (TPSA) is 49.0 Å². The van der Waals surface area contributed by atoms with E-state index in [0.717, 1.165) is 26.7 Å². The van der Waals surface area contributed by atoms with Crippen molar-refractivity contribution in [3.63, 3.8) is 0 Å². The molecule has 0 atom stereocenters. The third-order valence-corrected chi connectivity index (χ3v) is 3.63. The molecule has 3 aromatic rings. The predicted octanol–water partition coefficient (Wildman–Crippen LogP) is 4.68. The van der Waals surface area contributed by atoms with E-state index >= 15 is 0 Å². The lowest BCUT2D eigenvalue weighted by Gasteiger charge is -2.07. The van der Waals surface area contributed by atoms with Crippen LogP contribution in [0.15, 0.2) is 57.6 Å². The highest BCUT2D eigenvalue weighted by molar-refractivity contribution is 9.10. The first-order valence-electron chi connectivity index (χ1n) is 6.16. The lowest BCUT2D eigenvalue weighted by molar-refractivity contribution is 0.611. The van der Waals surface area contributed by atoms with Crippen LogP contribution in [0.3, 0.4) is 0 Å². The summed E-state index contributed by atoms with van der Waals surface area (Å²) in [6.07, 6.45) is 1.75. The average Bonchev–Trinajstić information content (AvgIpc) is 2.89. The second kappa shape index (κ2) is 5.40. The minimum atomic E-state index is 0.618. The summed E-state index contributed by atoms with van der Waals surface area (Å²) in [6, 6.07) is 15.7. The van der Waals surface area contributed by atoms with Crippen LogP contribution in [0.1, 0.15) is 11.1 Å². The molecular formula is C16H11BrN2O. The van der Waals surface area contributed by atoms with Crippen molar-refractivity contribution in [2.24, 2.45) is 0 Å². The summed E-state index contributed by atoms with van der Waals surface area (Å²) in [5.74, 6) is 0. The van der Waals surface area contributed by atoms with E-state index in [1.807, 2.05) is 36.4 Å². The van der Waals surface area contributed by atoms with Gasteiger partial charge in [0.2, 0.25) is 0 Å². The van der Waals surface area contributed by atoms with Gasteiger partial charge in [0, 0.05) is 22.0 Å². The Morgan fingerprint density at radius 2 is 2.05 bits per heavy atom. The number of para-hydroxylation sites is 1. The van der Waals surface area contributed by atoms with Crippen molar-refractivity contribution < 1.29 is 4.42 Å². The first-order chi connectivity index (χ1) is 9.78. The van der Waals surface area contributed by atoms with E-state index in [2.05, 4.69) is 27.3 Å². The van der Waals surface area contributed by atoms with Crippen molar-refractivity contribution in [1.29, 1.82) is 5.26 Å². The Balaban J connectivity index is 1.85. The molecule has 0 unspecified atom stereocenters. The van der Waals surface area contributed by atoms with Gasteiger partial charge >= 0.3 is 0 Å². The lowest BCUT2D eigenvalue weighted by atomic mass is 10.1. The maximum absolute atomic E-state index is 9.14. The molecule has 3 nitrogen and oxygen atoms in total. The van der Waals surface area contributed by atoms with Gasteiger partial charge in [-0.15, -0.1) is 0 Å². The standard InChI is InChI=1S/C16H11BrN2O/c17-13-5-6-15(11(7-13)8-18)19-9-12-10-20-16-4-2-1-3-14(12)16/h1-7,10,19H,9H2. The molecule has 1 N–H and O–H groups in total. The van der Waals surface area contributed by atoms with Crippen molar-refractivity contribution in [3.05, 3.63) is 64.3 Å². The summed E-state index contributed by atoms with van der Waals surface area (Å²) >= 11 is 3.37. The van der Waals surface area contributed by atoms with Gasteiger partial charge in [0.05, 0.1) is 17.5 Å². The fraction of sp³-hybridized carbons (Fsp3) is 0.0625. The highest BCUT2D eigenvalue weighted by Crippen LogP contribution is 2.24. The van der Waals surface area contributed by atoms with Crippen LogP contribution in [0.4, 0.5) is 5.69 Å². The second-order valence-electron chi connectivity index (χ2n) is 4.41. The largest absolute Gasteiger partial charge is 0.464 e. The normalized spacial score (nSPS) is 10.4. The molecule has 0 saturated carbocycles. The number of furan rings is 1. The van der Waals surface area contributed by atoms with E-state index in [9.17, 15) is 0 Å². The van der Waals surface area contributed by atoms with E-state index < -0.39 is 0 Å². The fourth-order valence-electron chi connectivity index (χ4n) is 2.12. The van der Waals surface area contributed by atoms with Crippen LogP contribution >= 0.6 is 15.9 Å². The Morgan fingerprint density at radius 3 is 2.90 bits per heavy atom. The van der Waals surface area contributed by atoms with E-state index in [0.29, 0.717) is 12.1 Å². The van der Waals surface area contributed by atoms with Crippen molar-refractivity contribution >= 4 is 32.6 Å². The number of hydrogen-bond donors (Lipinski definition) is 1. The maximum Gasteiger partial charge on any atom is 0.134 e. The van der Waals surface area contributed by atoms with E-state index in [1.165, 1.54) is 0 Å². The molecular weight excluding hydrogens is 316 g/mol. The molecule has 0 amide bonds. The quantitative estimate of drug-likeness (QED) is 0.760. The zero-order valence-electron chi connectivity index (χ0n) is 10.6.